The average molecular weight is 345 g/mol. The van der Waals surface area contributed by atoms with E-state index >= 15 is 0 Å². The second-order valence-corrected chi connectivity index (χ2v) is 7.67. The number of hydrogen-bond donors (Lipinski definition) is 1. The molecule has 0 aliphatic rings. The smallest absolute Gasteiger partial charge is 0.408 e. The van der Waals surface area contributed by atoms with E-state index in [2.05, 4.69) is 5.32 Å². The summed E-state index contributed by atoms with van der Waals surface area (Å²) in [6, 6.07) is 12.8. The van der Waals surface area contributed by atoms with Crippen molar-refractivity contribution in [2.45, 2.75) is 39.3 Å². The van der Waals surface area contributed by atoms with Gasteiger partial charge >= 0.3 is 6.09 Å². The summed E-state index contributed by atoms with van der Waals surface area (Å²) in [5, 5.41) is 4.62. The maximum absolute atomic E-state index is 12.6. The molecular formula is C19H23NO3S. The number of benzene rings is 2. The Morgan fingerprint density at radius 2 is 1.79 bits per heavy atom. The highest BCUT2D eigenvalue weighted by Crippen LogP contribution is 2.28. The summed E-state index contributed by atoms with van der Waals surface area (Å²) in [6.45, 7) is 7.29. The van der Waals surface area contributed by atoms with Crippen LogP contribution in [0.4, 0.5) is 4.79 Å². The molecule has 0 saturated heterocycles. The van der Waals surface area contributed by atoms with Crippen LogP contribution < -0.4 is 5.32 Å². The third kappa shape index (κ3) is 4.74. The first-order valence-electron chi connectivity index (χ1n) is 7.95. The van der Waals surface area contributed by atoms with Crippen molar-refractivity contribution in [2.75, 3.05) is 5.75 Å². The van der Waals surface area contributed by atoms with Gasteiger partial charge in [0.25, 0.3) is 0 Å². The van der Waals surface area contributed by atoms with Crippen LogP contribution in [0, 0.1) is 0 Å². The van der Waals surface area contributed by atoms with Crippen molar-refractivity contribution >= 4 is 33.7 Å². The van der Waals surface area contributed by atoms with Crippen LogP contribution in [0.3, 0.4) is 0 Å². The van der Waals surface area contributed by atoms with Crippen LogP contribution in [-0.2, 0) is 9.53 Å². The molecule has 0 spiro atoms. The first-order chi connectivity index (χ1) is 11.3. The predicted octanol–water partition coefficient (Wildman–Crippen LogP) is 4.69. The summed E-state index contributed by atoms with van der Waals surface area (Å²) in [6.07, 6.45) is -0.592. The number of rotatable bonds is 4. The van der Waals surface area contributed by atoms with Gasteiger partial charge in [-0.05, 0) is 42.9 Å². The Bertz CT molecular complexity index is 731. The fraction of sp³-hybridized carbons (Fsp3) is 0.368. The van der Waals surface area contributed by atoms with Gasteiger partial charge in [-0.2, -0.15) is 0 Å². The maximum Gasteiger partial charge on any atom is 0.408 e. The molecule has 5 heteroatoms. The lowest BCUT2D eigenvalue weighted by Gasteiger charge is -2.23. The standard InChI is InChI=1S/C19H23NO3S/c1-5-24-17(21)16(20-18(22)23-19(2,3)4)15-12-8-10-13-9-6-7-11-14(13)15/h6-12,16H,5H2,1-4H3,(H,20,22)/t16-/m1/s1. The lowest BCUT2D eigenvalue weighted by atomic mass is 9.99. The quantitative estimate of drug-likeness (QED) is 0.874. The molecule has 0 aliphatic heterocycles. The summed E-state index contributed by atoms with van der Waals surface area (Å²) >= 11 is 1.19. The van der Waals surface area contributed by atoms with E-state index in [1.165, 1.54) is 11.8 Å². The molecule has 2 aromatic rings. The van der Waals surface area contributed by atoms with Gasteiger partial charge in [-0.1, -0.05) is 61.2 Å². The topological polar surface area (TPSA) is 55.4 Å². The normalized spacial score (nSPS) is 12.7. The third-order valence-electron chi connectivity index (χ3n) is 3.32. The zero-order chi connectivity index (χ0) is 17.7. The monoisotopic (exact) mass is 345 g/mol. The zero-order valence-corrected chi connectivity index (χ0v) is 15.3. The average Bonchev–Trinajstić information content (AvgIpc) is 2.50. The molecule has 128 valence electrons. The number of thioether (sulfide) groups is 1. The number of amides is 1. The van der Waals surface area contributed by atoms with E-state index < -0.39 is 17.7 Å². The predicted molar refractivity (Wildman–Crippen MR) is 99.2 cm³/mol. The first-order valence-corrected chi connectivity index (χ1v) is 8.94. The van der Waals surface area contributed by atoms with E-state index in [4.69, 9.17) is 4.74 Å². The van der Waals surface area contributed by atoms with E-state index in [9.17, 15) is 9.59 Å². The Morgan fingerprint density at radius 3 is 2.46 bits per heavy atom. The fourth-order valence-electron chi connectivity index (χ4n) is 2.42. The molecule has 1 amide bonds. The van der Waals surface area contributed by atoms with Crippen molar-refractivity contribution in [1.29, 1.82) is 0 Å². The molecule has 0 saturated carbocycles. The van der Waals surface area contributed by atoms with Crippen molar-refractivity contribution < 1.29 is 14.3 Å². The largest absolute Gasteiger partial charge is 0.444 e. The maximum atomic E-state index is 12.6. The second kappa shape index (κ2) is 7.71. The summed E-state index contributed by atoms with van der Waals surface area (Å²) in [4.78, 5) is 24.8. The van der Waals surface area contributed by atoms with E-state index in [0.717, 1.165) is 16.3 Å². The number of ether oxygens (including phenoxy) is 1. The lowest BCUT2D eigenvalue weighted by molar-refractivity contribution is -0.112. The second-order valence-electron chi connectivity index (χ2n) is 6.40. The number of nitrogens with one attached hydrogen (secondary N) is 1. The summed E-state index contributed by atoms with van der Waals surface area (Å²) in [5.74, 6) is 0.649. The number of hydrogen-bond acceptors (Lipinski definition) is 4. The van der Waals surface area contributed by atoms with Crippen molar-refractivity contribution in [3.05, 3.63) is 48.0 Å². The summed E-state index contributed by atoms with van der Waals surface area (Å²) < 4.78 is 5.32. The summed E-state index contributed by atoms with van der Waals surface area (Å²) in [7, 11) is 0. The Morgan fingerprint density at radius 1 is 1.12 bits per heavy atom. The number of carbonyl (C=O) groups is 2. The van der Waals surface area contributed by atoms with Gasteiger partial charge < -0.3 is 10.1 Å². The van der Waals surface area contributed by atoms with E-state index in [1.54, 1.807) is 20.8 Å². The van der Waals surface area contributed by atoms with Crippen molar-refractivity contribution in [2.24, 2.45) is 0 Å². The third-order valence-corrected chi connectivity index (χ3v) is 4.13. The van der Waals surface area contributed by atoms with Crippen LogP contribution in [-0.4, -0.2) is 22.6 Å². The molecule has 0 heterocycles. The molecule has 0 radical (unpaired) electrons. The van der Waals surface area contributed by atoms with Gasteiger partial charge in [0.1, 0.15) is 11.6 Å². The molecule has 1 atom stereocenters. The number of fused-ring (bicyclic) bond motifs is 1. The van der Waals surface area contributed by atoms with Crippen molar-refractivity contribution in [1.82, 2.24) is 5.32 Å². The molecule has 24 heavy (non-hydrogen) atoms. The molecule has 0 aromatic heterocycles. The van der Waals surface area contributed by atoms with Gasteiger partial charge in [-0.25, -0.2) is 4.79 Å². The van der Waals surface area contributed by atoms with E-state index in [1.807, 2.05) is 49.4 Å². The highest BCUT2D eigenvalue weighted by molar-refractivity contribution is 8.13. The Balaban J connectivity index is 2.38. The van der Waals surface area contributed by atoms with E-state index in [0.29, 0.717) is 5.75 Å². The lowest BCUT2D eigenvalue weighted by Crippen LogP contribution is -2.37. The number of carbonyl (C=O) groups excluding carboxylic acids is 2. The van der Waals surface area contributed by atoms with Gasteiger partial charge in [-0.15, -0.1) is 0 Å². The molecule has 0 bridgehead atoms. The van der Waals surface area contributed by atoms with Crippen LogP contribution in [0.25, 0.3) is 10.8 Å². The fourth-order valence-corrected chi connectivity index (χ4v) is 3.05. The Labute approximate surface area is 147 Å². The van der Waals surface area contributed by atoms with Crippen LogP contribution in [0.2, 0.25) is 0 Å². The minimum absolute atomic E-state index is 0.0975. The molecule has 2 aromatic carbocycles. The molecule has 0 unspecified atom stereocenters. The first kappa shape index (κ1) is 18.3. The summed E-state index contributed by atoms with van der Waals surface area (Å²) in [5.41, 5.74) is 0.166. The van der Waals surface area contributed by atoms with Crippen LogP contribution in [0.5, 0.6) is 0 Å². The highest BCUT2D eigenvalue weighted by Gasteiger charge is 2.27. The van der Waals surface area contributed by atoms with Gasteiger partial charge in [-0.3, -0.25) is 4.79 Å². The van der Waals surface area contributed by atoms with Gasteiger partial charge in [0, 0.05) is 0 Å². The van der Waals surface area contributed by atoms with Gasteiger partial charge in [0.2, 0.25) is 5.12 Å². The molecular weight excluding hydrogens is 322 g/mol. The minimum Gasteiger partial charge on any atom is -0.444 e. The molecule has 0 aliphatic carbocycles. The molecule has 1 N–H and O–H groups in total. The van der Waals surface area contributed by atoms with Crippen LogP contribution in [0.15, 0.2) is 42.5 Å². The molecule has 4 nitrogen and oxygen atoms in total. The highest BCUT2D eigenvalue weighted by atomic mass is 32.2. The van der Waals surface area contributed by atoms with Crippen LogP contribution >= 0.6 is 11.8 Å². The van der Waals surface area contributed by atoms with Crippen molar-refractivity contribution in [3.63, 3.8) is 0 Å². The Kier molecular flexibility index (Phi) is 5.89. The van der Waals surface area contributed by atoms with Gasteiger partial charge in [0.15, 0.2) is 0 Å². The molecule has 2 rings (SSSR count). The van der Waals surface area contributed by atoms with Gasteiger partial charge in [0.05, 0.1) is 0 Å². The number of alkyl carbamates (subject to hydrolysis) is 1. The van der Waals surface area contributed by atoms with E-state index in [-0.39, 0.29) is 5.12 Å². The molecule has 0 fully saturated rings. The van der Waals surface area contributed by atoms with Crippen LogP contribution in [0.1, 0.15) is 39.3 Å². The van der Waals surface area contributed by atoms with Crippen molar-refractivity contribution in [3.8, 4) is 0 Å². The SMILES string of the molecule is CCSC(=O)[C@H](NC(=O)OC(C)(C)C)c1cccc2ccccc12. The Hall–Kier alpha value is -2.01. The minimum atomic E-state index is -0.740. The zero-order valence-electron chi connectivity index (χ0n) is 14.5.